The van der Waals surface area contributed by atoms with Gasteiger partial charge in [-0.05, 0) is 43.7 Å². The van der Waals surface area contributed by atoms with E-state index in [2.05, 4.69) is 29.0 Å². The molecule has 1 aliphatic carbocycles. The first kappa shape index (κ1) is 21.8. The molecule has 1 aromatic heterocycles. The maximum absolute atomic E-state index is 13.2. The Labute approximate surface area is 175 Å². The smallest absolute Gasteiger partial charge is 0.237 e. The van der Waals surface area contributed by atoms with Crippen LogP contribution >= 0.6 is 0 Å². The summed E-state index contributed by atoms with van der Waals surface area (Å²) in [5, 5.41) is 3.12. The van der Waals surface area contributed by atoms with Gasteiger partial charge in [-0.15, -0.1) is 0 Å². The van der Waals surface area contributed by atoms with E-state index in [1.807, 2.05) is 23.1 Å². The van der Waals surface area contributed by atoms with E-state index in [1.165, 1.54) is 12.8 Å². The van der Waals surface area contributed by atoms with Crippen molar-refractivity contribution in [1.29, 1.82) is 0 Å². The second-order valence-electron chi connectivity index (χ2n) is 8.40. The van der Waals surface area contributed by atoms with Crippen LogP contribution in [0.25, 0.3) is 0 Å². The third-order valence-corrected chi connectivity index (χ3v) is 6.64. The van der Waals surface area contributed by atoms with Crippen molar-refractivity contribution >= 4 is 11.8 Å². The molecule has 2 fully saturated rings. The van der Waals surface area contributed by atoms with E-state index >= 15 is 0 Å². The van der Waals surface area contributed by atoms with Crippen molar-refractivity contribution < 1.29 is 9.59 Å². The Balaban J connectivity index is 1.60. The lowest BCUT2D eigenvalue weighted by Gasteiger charge is -2.41. The molecule has 3 rings (SSSR count). The maximum atomic E-state index is 13.2. The first-order valence-electron chi connectivity index (χ1n) is 11.3. The molecule has 0 bridgehead atoms. The number of nitrogens with one attached hydrogen (secondary N) is 1. The number of nitrogens with zero attached hydrogens (tertiary/aromatic N) is 3. The van der Waals surface area contributed by atoms with Crippen LogP contribution in [0.1, 0.15) is 58.1 Å². The predicted molar refractivity (Wildman–Crippen MR) is 114 cm³/mol. The first-order valence-corrected chi connectivity index (χ1v) is 11.3. The monoisotopic (exact) mass is 400 g/mol. The van der Waals surface area contributed by atoms with E-state index < -0.39 is 0 Å². The molecule has 1 saturated carbocycles. The van der Waals surface area contributed by atoms with Crippen molar-refractivity contribution in [3.05, 3.63) is 30.1 Å². The number of amides is 2. The molecule has 2 heterocycles. The third-order valence-electron chi connectivity index (χ3n) is 6.64. The number of aromatic nitrogens is 1. The molecular weight excluding hydrogens is 364 g/mol. The Bertz CT molecular complexity index is 648. The van der Waals surface area contributed by atoms with Crippen molar-refractivity contribution in [2.24, 2.45) is 11.8 Å². The predicted octanol–water partition coefficient (Wildman–Crippen LogP) is 2.84. The highest BCUT2D eigenvalue weighted by Gasteiger charge is 2.37. The van der Waals surface area contributed by atoms with Crippen molar-refractivity contribution in [2.75, 3.05) is 26.2 Å². The van der Waals surface area contributed by atoms with Crippen LogP contribution in [0.2, 0.25) is 0 Å². The molecule has 1 atom stereocenters. The van der Waals surface area contributed by atoms with E-state index in [-0.39, 0.29) is 23.8 Å². The average Bonchev–Trinajstić information content (AvgIpc) is 3.29. The van der Waals surface area contributed by atoms with Gasteiger partial charge in [0.1, 0.15) is 0 Å². The molecule has 0 aromatic carbocycles. The van der Waals surface area contributed by atoms with E-state index in [9.17, 15) is 9.59 Å². The van der Waals surface area contributed by atoms with E-state index in [0.717, 1.165) is 57.6 Å². The van der Waals surface area contributed by atoms with Gasteiger partial charge in [0.15, 0.2) is 0 Å². The summed E-state index contributed by atoms with van der Waals surface area (Å²) in [5.74, 6) is 0.947. The highest BCUT2D eigenvalue weighted by molar-refractivity contribution is 5.82. The second-order valence-corrected chi connectivity index (χ2v) is 8.40. The van der Waals surface area contributed by atoms with Gasteiger partial charge < -0.3 is 10.2 Å². The van der Waals surface area contributed by atoms with Gasteiger partial charge >= 0.3 is 0 Å². The molecular formula is C23H36N4O2. The lowest BCUT2D eigenvalue weighted by atomic mass is 9.94. The maximum Gasteiger partial charge on any atom is 0.237 e. The van der Waals surface area contributed by atoms with Crippen LogP contribution in [0.15, 0.2) is 24.4 Å². The fraction of sp³-hybridized carbons (Fsp3) is 0.696. The average molecular weight is 401 g/mol. The minimum Gasteiger partial charge on any atom is -0.349 e. The highest BCUT2D eigenvalue weighted by atomic mass is 16.2. The van der Waals surface area contributed by atoms with Crippen LogP contribution in [0.5, 0.6) is 0 Å². The number of hydrogen-bond donors (Lipinski definition) is 1. The number of pyridine rings is 1. The van der Waals surface area contributed by atoms with Gasteiger partial charge in [0.2, 0.25) is 11.8 Å². The largest absolute Gasteiger partial charge is 0.349 e. The summed E-state index contributed by atoms with van der Waals surface area (Å²) in [4.78, 5) is 34.5. The normalized spacial score (nSPS) is 19.5. The first-order chi connectivity index (χ1) is 14.1. The molecule has 0 spiro atoms. The Morgan fingerprint density at radius 1 is 1.10 bits per heavy atom. The molecule has 1 N–H and O–H groups in total. The number of piperazine rings is 1. The highest BCUT2D eigenvalue weighted by Crippen LogP contribution is 2.31. The Hall–Kier alpha value is -1.95. The lowest BCUT2D eigenvalue weighted by molar-refractivity contribution is -0.139. The summed E-state index contributed by atoms with van der Waals surface area (Å²) in [6.07, 6.45) is 8.21. The SMILES string of the molecule is CCC(CC)C(=O)N1CCN(C(C(=O)NCc2ccccn2)C2CCCC2)CC1. The fourth-order valence-corrected chi connectivity index (χ4v) is 4.85. The van der Waals surface area contributed by atoms with Crippen molar-refractivity contribution in [3.63, 3.8) is 0 Å². The van der Waals surface area contributed by atoms with Gasteiger partial charge in [0, 0.05) is 38.3 Å². The third kappa shape index (κ3) is 5.56. The molecule has 1 unspecified atom stereocenters. The van der Waals surface area contributed by atoms with E-state index in [0.29, 0.717) is 12.5 Å². The number of hydrogen-bond acceptors (Lipinski definition) is 4. The number of carbonyl (C=O) groups is 2. The molecule has 0 radical (unpaired) electrons. The zero-order valence-electron chi connectivity index (χ0n) is 18.0. The summed E-state index contributed by atoms with van der Waals surface area (Å²) < 4.78 is 0. The van der Waals surface area contributed by atoms with Crippen LogP contribution in [-0.4, -0.2) is 58.8 Å². The molecule has 6 nitrogen and oxygen atoms in total. The van der Waals surface area contributed by atoms with Crippen LogP contribution in [0, 0.1) is 11.8 Å². The Morgan fingerprint density at radius 2 is 1.79 bits per heavy atom. The summed E-state index contributed by atoms with van der Waals surface area (Å²) in [7, 11) is 0. The number of carbonyl (C=O) groups excluding carboxylic acids is 2. The van der Waals surface area contributed by atoms with Crippen LogP contribution in [0.3, 0.4) is 0 Å². The van der Waals surface area contributed by atoms with Crippen molar-refractivity contribution in [3.8, 4) is 0 Å². The molecule has 1 aromatic rings. The molecule has 6 heteroatoms. The van der Waals surface area contributed by atoms with Crippen LogP contribution in [0.4, 0.5) is 0 Å². The molecule has 29 heavy (non-hydrogen) atoms. The Kier molecular flexibility index (Phi) is 8.04. The minimum absolute atomic E-state index is 0.0911. The van der Waals surface area contributed by atoms with Gasteiger partial charge in [-0.25, -0.2) is 0 Å². The van der Waals surface area contributed by atoms with E-state index in [4.69, 9.17) is 0 Å². The summed E-state index contributed by atoms with van der Waals surface area (Å²) in [6.45, 7) is 7.66. The van der Waals surface area contributed by atoms with Crippen molar-refractivity contribution in [2.45, 2.75) is 65.0 Å². The van der Waals surface area contributed by atoms with Gasteiger partial charge in [-0.3, -0.25) is 19.5 Å². The molecule has 1 aliphatic heterocycles. The van der Waals surface area contributed by atoms with Gasteiger partial charge in [0.25, 0.3) is 0 Å². The van der Waals surface area contributed by atoms with Gasteiger partial charge in [0.05, 0.1) is 18.3 Å². The summed E-state index contributed by atoms with van der Waals surface area (Å²) >= 11 is 0. The molecule has 1 saturated heterocycles. The molecule has 2 amide bonds. The topological polar surface area (TPSA) is 65.5 Å². The standard InChI is InChI=1S/C23H36N4O2/c1-3-18(4-2)23(29)27-15-13-26(14-16-27)21(19-9-5-6-10-19)22(28)25-17-20-11-7-8-12-24-20/h7-8,11-12,18-19,21H,3-6,9-10,13-17H2,1-2H3,(H,25,28). The number of rotatable bonds is 8. The fourth-order valence-electron chi connectivity index (χ4n) is 4.85. The van der Waals surface area contributed by atoms with E-state index in [1.54, 1.807) is 6.20 Å². The molecule has 160 valence electrons. The van der Waals surface area contributed by atoms with Crippen LogP contribution in [-0.2, 0) is 16.1 Å². The zero-order valence-corrected chi connectivity index (χ0v) is 18.0. The summed E-state index contributed by atoms with van der Waals surface area (Å²) in [6, 6.07) is 5.67. The van der Waals surface area contributed by atoms with Crippen molar-refractivity contribution in [1.82, 2.24) is 20.1 Å². The Morgan fingerprint density at radius 3 is 2.38 bits per heavy atom. The van der Waals surface area contributed by atoms with Crippen LogP contribution < -0.4 is 5.32 Å². The lowest BCUT2D eigenvalue weighted by Crippen LogP contribution is -2.58. The van der Waals surface area contributed by atoms with Gasteiger partial charge in [-0.2, -0.15) is 0 Å². The minimum atomic E-state index is -0.0911. The summed E-state index contributed by atoms with van der Waals surface area (Å²) in [5.41, 5.74) is 0.881. The quantitative estimate of drug-likeness (QED) is 0.729. The second kappa shape index (κ2) is 10.7. The molecule has 2 aliphatic rings. The zero-order chi connectivity index (χ0) is 20.6. The van der Waals surface area contributed by atoms with Gasteiger partial charge in [-0.1, -0.05) is 32.8 Å².